The third-order valence-corrected chi connectivity index (χ3v) is 5.57. The van der Waals surface area contributed by atoms with Gasteiger partial charge in [0.15, 0.2) is 0 Å². The van der Waals surface area contributed by atoms with Crippen LogP contribution in [0, 0.1) is 0 Å². The average molecular weight is 454 g/mol. The molecule has 4 aromatic rings. The number of carbonyl (C=O) groups excluding carboxylic acids is 1. The number of carbonyl (C=O) groups is 1. The first-order valence-corrected chi connectivity index (χ1v) is 10.6. The van der Waals surface area contributed by atoms with E-state index in [1.165, 1.54) is 0 Å². The van der Waals surface area contributed by atoms with Crippen LogP contribution in [0.4, 0.5) is 0 Å². The molecule has 1 unspecified atom stereocenters. The summed E-state index contributed by atoms with van der Waals surface area (Å²) in [6.07, 6.45) is -0.652. The van der Waals surface area contributed by atoms with Gasteiger partial charge in [0.1, 0.15) is 5.82 Å². The first kappa shape index (κ1) is 21.4. The molecule has 0 aliphatic carbocycles. The molecule has 1 amide bonds. The van der Waals surface area contributed by atoms with Crippen LogP contribution in [0.2, 0.25) is 10.0 Å². The molecular formula is C24H21Cl2N3O2. The number of aliphatic hydroxyl groups excluding tert-OH is 1. The lowest BCUT2D eigenvalue weighted by Crippen LogP contribution is -2.26. The van der Waals surface area contributed by atoms with Crippen LogP contribution < -0.4 is 5.32 Å². The minimum Gasteiger partial charge on any atom is -0.387 e. The molecule has 1 heterocycles. The number of benzene rings is 3. The lowest BCUT2D eigenvalue weighted by molar-refractivity contribution is -0.120. The molecule has 0 fully saturated rings. The summed E-state index contributed by atoms with van der Waals surface area (Å²) < 4.78 is 1.90. The summed E-state index contributed by atoms with van der Waals surface area (Å²) >= 11 is 11.9. The molecule has 0 saturated heterocycles. The minimum atomic E-state index is -0.759. The number of para-hydroxylation sites is 2. The monoisotopic (exact) mass is 453 g/mol. The molecule has 0 radical (unpaired) electrons. The molecule has 7 heteroatoms. The highest BCUT2D eigenvalue weighted by Crippen LogP contribution is 2.23. The fourth-order valence-corrected chi connectivity index (χ4v) is 3.69. The Hall–Kier alpha value is -2.86. The zero-order chi connectivity index (χ0) is 21.8. The van der Waals surface area contributed by atoms with Crippen LogP contribution in [0.15, 0.2) is 72.8 Å². The predicted molar refractivity (Wildman–Crippen MR) is 123 cm³/mol. The predicted octanol–water partition coefficient (Wildman–Crippen LogP) is 4.94. The number of imidazole rings is 1. The third-order valence-electron chi connectivity index (χ3n) is 5.07. The van der Waals surface area contributed by atoms with Gasteiger partial charge in [0.2, 0.25) is 5.91 Å². The van der Waals surface area contributed by atoms with Crippen molar-refractivity contribution in [3.8, 4) is 0 Å². The quantitative estimate of drug-likeness (QED) is 0.416. The van der Waals surface area contributed by atoms with E-state index in [0.717, 1.165) is 22.2 Å². The highest BCUT2D eigenvalue weighted by atomic mass is 35.5. The van der Waals surface area contributed by atoms with Crippen molar-refractivity contribution in [1.29, 1.82) is 0 Å². The molecule has 3 aromatic carbocycles. The summed E-state index contributed by atoms with van der Waals surface area (Å²) in [6, 6.07) is 22.1. The topological polar surface area (TPSA) is 67.2 Å². The maximum atomic E-state index is 12.6. The van der Waals surface area contributed by atoms with Gasteiger partial charge in [0, 0.05) is 16.6 Å². The van der Waals surface area contributed by atoms with E-state index in [4.69, 9.17) is 23.2 Å². The van der Waals surface area contributed by atoms with E-state index in [9.17, 15) is 9.90 Å². The van der Waals surface area contributed by atoms with Crippen LogP contribution in [0.5, 0.6) is 0 Å². The largest absolute Gasteiger partial charge is 0.387 e. The van der Waals surface area contributed by atoms with Crippen molar-refractivity contribution in [3.63, 3.8) is 0 Å². The second-order valence-corrected chi connectivity index (χ2v) is 8.15. The number of aliphatic hydroxyl groups is 1. The molecule has 5 nitrogen and oxygen atoms in total. The van der Waals surface area contributed by atoms with Gasteiger partial charge in [0.05, 0.1) is 30.1 Å². The number of nitrogens with zero attached hydrogens (tertiary/aromatic N) is 2. The molecule has 0 spiro atoms. The van der Waals surface area contributed by atoms with Gasteiger partial charge in [-0.3, -0.25) is 4.79 Å². The lowest BCUT2D eigenvalue weighted by Gasteiger charge is -2.15. The van der Waals surface area contributed by atoms with Gasteiger partial charge in [-0.05, 0) is 47.5 Å². The molecule has 158 valence electrons. The molecule has 4 rings (SSSR count). The number of halogens is 2. The Morgan fingerprint density at radius 3 is 2.32 bits per heavy atom. The molecule has 0 bridgehead atoms. The van der Waals surface area contributed by atoms with Gasteiger partial charge >= 0.3 is 0 Å². The van der Waals surface area contributed by atoms with Crippen molar-refractivity contribution in [2.24, 2.45) is 0 Å². The maximum Gasteiger partial charge on any atom is 0.227 e. The first-order valence-electron chi connectivity index (χ1n) is 9.88. The zero-order valence-electron chi connectivity index (χ0n) is 16.6. The Balaban J connectivity index is 1.52. The van der Waals surface area contributed by atoms with Crippen LogP contribution in [0.1, 0.15) is 23.1 Å². The fraction of sp³-hybridized carbons (Fsp3) is 0.167. The van der Waals surface area contributed by atoms with Crippen LogP contribution in [0.25, 0.3) is 11.0 Å². The lowest BCUT2D eigenvalue weighted by atomic mass is 10.1. The van der Waals surface area contributed by atoms with Gasteiger partial charge in [-0.15, -0.1) is 0 Å². The number of hydrogen-bond acceptors (Lipinski definition) is 3. The van der Waals surface area contributed by atoms with Crippen molar-refractivity contribution < 1.29 is 9.90 Å². The number of hydrogen-bond donors (Lipinski definition) is 2. The summed E-state index contributed by atoms with van der Waals surface area (Å²) in [5.41, 5.74) is 3.37. The first-order chi connectivity index (χ1) is 15.0. The summed E-state index contributed by atoms with van der Waals surface area (Å²) in [5.74, 6) is 0.454. The second kappa shape index (κ2) is 9.52. The van der Waals surface area contributed by atoms with Gasteiger partial charge in [-0.2, -0.15) is 0 Å². The summed E-state index contributed by atoms with van der Waals surface area (Å²) in [5, 5.41) is 15.0. The Labute approximate surface area is 190 Å². The van der Waals surface area contributed by atoms with E-state index in [0.29, 0.717) is 22.4 Å². The van der Waals surface area contributed by atoms with Crippen molar-refractivity contribution in [3.05, 3.63) is 99.8 Å². The van der Waals surface area contributed by atoms with E-state index in [2.05, 4.69) is 10.3 Å². The van der Waals surface area contributed by atoms with E-state index in [-0.39, 0.29) is 18.9 Å². The van der Waals surface area contributed by atoms with Crippen molar-refractivity contribution >= 4 is 40.1 Å². The van der Waals surface area contributed by atoms with E-state index in [1.54, 1.807) is 36.4 Å². The minimum absolute atomic E-state index is 0.107. The Morgan fingerprint density at radius 2 is 1.61 bits per heavy atom. The third kappa shape index (κ3) is 5.25. The molecule has 0 saturated carbocycles. The second-order valence-electron chi connectivity index (χ2n) is 7.27. The average Bonchev–Trinajstić information content (AvgIpc) is 3.10. The molecule has 0 aliphatic heterocycles. The zero-order valence-corrected chi connectivity index (χ0v) is 18.1. The Kier molecular flexibility index (Phi) is 6.56. The van der Waals surface area contributed by atoms with Crippen LogP contribution in [0.3, 0.4) is 0 Å². The standard InChI is InChI=1S/C24H21Cl2N3O2/c25-18-9-5-16(6-10-18)14-27-24(31)13-23-28-20-3-1-2-4-21(20)29(23)15-22(30)17-7-11-19(26)12-8-17/h1-12,22,30H,13-15H2,(H,27,31). The van der Waals surface area contributed by atoms with Gasteiger partial charge < -0.3 is 15.0 Å². The SMILES string of the molecule is O=C(Cc1nc2ccccc2n1CC(O)c1ccc(Cl)cc1)NCc1ccc(Cl)cc1. The van der Waals surface area contributed by atoms with Crippen LogP contribution in [-0.4, -0.2) is 20.6 Å². The summed E-state index contributed by atoms with van der Waals surface area (Å²) in [4.78, 5) is 17.2. The number of amides is 1. The summed E-state index contributed by atoms with van der Waals surface area (Å²) in [6.45, 7) is 0.686. The van der Waals surface area contributed by atoms with E-state index in [1.807, 2.05) is 41.0 Å². The summed E-state index contributed by atoms with van der Waals surface area (Å²) in [7, 11) is 0. The van der Waals surface area contributed by atoms with Crippen molar-refractivity contribution in [2.45, 2.75) is 25.6 Å². The van der Waals surface area contributed by atoms with Gasteiger partial charge in [-0.25, -0.2) is 4.98 Å². The van der Waals surface area contributed by atoms with Crippen LogP contribution >= 0.6 is 23.2 Å². The van der Waals surface area contributed by atoms with Gasteiger partial charge in [0.25, 0.3) is 0 Å². The smallest absolute Gasteiger partial charge is 0.227 e. The number of nitrogens with one attached hydrogen (secondary N) is 1. The van der Waals surface area contributed by atoms with Gasteiger partial charge in [-0.1, -0.05) is 59.6 Å². The molecular weight excluding hydrogens is 433 g/mol. The molecule has 31 heavy (non-hydrogen) atoms. The highest BCUT2D eigenvalue weighted by Gasteiger charge is 2.17. The number of aromatic nitrogens is 2. The Morgan fingerprint density at radius 1 is 0.968 bits per heavy atom. The molecule has 1 aromatic heterocycles. The molecule has 2 N–H and O–H groups in total. The number of rotatable bonds is 7. The molecule has 0 aliphatic rings. The normalized spacial score (nSPS) is 12.1. The van der Waals surface area contributed by atoms with E-state index < -0.39 is 6.10 Å². The van der Waals surface area contributed by atoms with Crippen molar-refractivity contribution in [2.75, 3.05) is 0 Å². The van der Waals surface area contributed by atoms with Crippen LogP contribution in [-0.2, 0) is 24.3 Å². The van der Waals surface area contributed by atoms with Crippen molar-refractivity contribution in [1.82, 2.24) is 14.9 Å². The number of fused-ring (bicyclic) bond motifs is 1. The highest BCUT2D eigenvalue weighted by molar-refractivity contribution is 6.30. The Bertz CT molecular complexity index is 1190. The van der Waals surface area contributed by atoms with E-state index >= 15 is 0 Å². The maximum absolute atomic E-state index is 12.6. The fourth-order valence-electron chi connectivity index (χ4n) is 3.44. The molecule has 1 atom stereocenters.